The van der Waals surface area contributed by atoms with Crippen LogP contribution in [0.15, 0.2) is 36.9 Å². The van der Waals surface area contributed by atoms with Gasteiger partial charge >= 0.3 is 0 Å². The average Bonchev–Trinajstić information content (AvgIpc) is 3.23. The number of aromatic amines is 2. The number of hydrogen-bond donors (Lipinski definition) is 2. The Hall–Kier alpha value is -3.79. The van der Waals surface area contributed by atoms with Crippen LogP contribution in [0.5, 0.6) is 0 Å². The molecule has 0 radical (unpaired) electrons. The molecule has 166 valence electrons. The van der Waals surface area contributed by atoms with E-state index < -0.39 is 0 Å². The van der Waals surface area contributed by atoms with Crippen molar-refractivity contribution in [3.8, 4) is 22.6 Å². The molecular formula is C23H24N10. The first-order chi connectivity index (χ1) is 16.2. The number of fused-ring (bicyclic) bond motifs is 2. The Morgan fingerprint density at radius 3 is 2.73 bits per heavy atom. The minimum absolute atomic E-state index is 0.553. The normalized spacial score (nSPS) is 17.4. The summed E-state index contributed by atoms with van der Waals surface area (Å²) in [6.07, 6.45) is 10.1. The summed E-state index contributed by atoms with van der Waals surface area (Å²) in [6, 6.07) is 4.73. The summed E-state index contributed by atoms with van der Waals surface area (Å²) in [5.41, 5.74) is 6.36. The molecule has 1 aliphatic heterocycles. The van der Waals surface area contributed by atoms with E-state index in [9.17, 15) is 0 Å². The van der Waals surface area contributed by atoms with Crippen LogP contribution in [-0.4, -0.2) is 78.0 Å². The lowest BCUT2D eigenvalue weighted by Gasteiger charge is -2.34. The molecule has 6 heterocycles. The Balaban J connectivity index is 1.29. The molecular weight excluding hydrogens is 416 g/mol. The van der Waals surface area contributed by atoms with Gasteiger partial charge in [0.15, 0.2) is 17.1 Å². The third-order valence-electron chi connectivity index (χ3n) is 6.72. The molecule has 2 fully saturated rings. The van der Waals surface area contributed by atoms with E-state index in [-0.39, 0.29) is 0 Å². The SMILES string of the molecule is CN1CCN(c2ccnc3nc(-c4[nH]nc5ncc(-c6cnn(C7CC7)c6)cc45)[nH]c23)CC1. The Bertz CT molecular complexity index is 1470. The predicted octanol–water partition coefficient (Wildman–Crippen LogP) is 2.85. The van der Waals surface area contributed by atoms with Gasteiger partial charge in [0.1, 0.15) is 11.2 Å². The lowest BCUT2D eigenvalue weighted by molar-refractivity contribution is 0.313. The number of H-pyrrole nitrogens is 2. The fourth-order valence-electron chi connectivity index (χ4n) is 4.59. The van der Waals surface area contributed by atoms with Crippen LogP contribution in [0.3, 0.4) is 0 Å². The summed E-state index contributed by atoms with van der Waals surface area (Å²) < 4.78 is 2.06. The molecule has 0 bridgehead atoms. The van der Waals surface area contributed by atoms with Crippen LogP contribution in [0.2, 0.25) is 0 Å². The van der Waals surface area contributed by atoms with Crippen LogP contribution in [0.25, 0.3) is 44.8 Å². The van der Waals surface area contributed by atoms with E-state index in [0.717, 1.165) is 59.6 Å². The first kappa shape index (κ1) is 18.8. The predicted molar refractivity (Wildman–Crippen MR) is 126 cm³/mol. The molecule has 0 spiro atoms. The Morgan fingerprint density at radius 1 is 1.00 bits per heavy atom. The summed E-state index contributed by atoms with van der Waals surface area (Å²) >= 11 is 0. The number of piperazine rings is 1. The van der Waals surface area contributed by atoms with Crippen molar-refractivity contribution >= 4 is 27.9 Å². The first-order valence-corrected chi connectivity index (χ1v) is 11.4. The zero-order valence-electron chi connectivity index (χ0n) is 18.4. The van der Waals surface area contributed by atoms with Gasteiger partial charge in [-0.3, -0.25) is 9.78 Å². The molecule has 0 amide bonds. The number of likely N-dealkylation sites (N-methyl/N-ethyl adjacent to an activating group) is 1. The summed E-state index contributed by atoms with van der Waals surface area (Å²) in [4.78, 5) is 22.1. The highest BCUT2D eigenvalue weighted by atomic mass is 15.3. The van der Waals surface area contributed by atoms with E-state index in [1.807, 2.05) is 18.6 Å². The standard InChI is InChI=1S/C23H24N10/c1-31-6-8-32(9-7-31)18-4-5-24-22-20(18)27-23(28-22)19-17-10-14(11-25-21(17)30-29-19)15-12-26-33(13-15)16-2-3-16/h4-5,10-13,16H,2-3,6-9H2,1H3,(H,24,27,28)(H,25,29,30). The number of aromatic nitrogens is 8. The second-order valence-electron chi connectivity index (χ2n) is 9.04. The molecule has 0 atom stereocenters. The lowest BCUT2D eigenvalue weighted by atomic mass is 10.1. The van der Waals surface area contributed by atoms with Crippen LogP contribution >= 0.6 is 0 Å². The number of rotatable bonds is 4. The molecule has 0 aromatic carbocycles. The zero-order valence-corrected chi connectivity index (χ0v) is 18.4. The van der Waals surface area contributed by atoms with Crippen molar-refractivity contribution in [3.05, 3.63) is 36.9 Å². The molecule has 0 unspecified atom stereocenters. The first-order valence-electron chi connectivity index (χ1n) is 11.4. The monoisotopic (exact) mass is 440 g/mol. The third-order valence-corrected chi connectivity index (χ3v) is 6.72. The number of pyridine rings is 2. The van der Waals surface area contributed by atoms with Crippen molar-refractivity contribution < 1.29 is 0 Å². The molecule has 1 aliphatic carbocycles. The van der Waals surface area contributed by atoms with E-state index in [4.69, 9.17) is 4.98 Å². The molecule has 10 heteroatoms. The van der Waals surface area contributed by atoms with E-state index in [1.54, 1.807) is 0 Å². The summed E-state index contributed by atoms with van der Waals surface area (Å²) in [6.45, 7) is 4.06. The third kappa shape index (κ3) is 3.17. The number of hydrogen-bond acceptors (Lipinski definition) is 7. The summed E-state index contributed by atoms with van der Waals surface area (Å²) in [5.74, 6) is 0.717. The highest BCUT2D eigenvalue weighted by Crippen LogP contribution is 2.36. The maximum Gasteiger partial charge on any atom is 0.181 e. The maximum absolute atomic E-state index is 4.79. The molecule has 10 nitrogen and oxygen atoms in total. The van der Waals surface area contributed by atoms with Crippen molar-refractivity contribution in [1.29, 1.82) is 0 Å². The minimum atomic E-state index is 0.553. The van der Waals surface area contributed by atoms with Crippen LogP contribution in [0.4, 0.5) is 5.69 Å². The molecule has 7 rings (SSSR count). The van der Waals surface area contributed by atoms with Gasteiger partial charge in [-0.25, -0.2) is 15.0 Å². The lowest BCUT2D eigenvalue weighted by Crippen LogP contribution is -2.44. The molecule has 2 aliphatic rings. The Morgan fingerprint density at radius 2 is 1.88 bits per heavy atom. The molecule has 1 saturated carbocycles. The summed E-state index contributed by atoms with van der Waals surface area (Å²) in [5, 5.41) is 13.0. The Kier molecular flexibility index (Phi) is 4.04. The van der Waals surface area contributed by atoms with E-state index in [2.05, 4.69) is 70.1 Å². The molecule has 33 heavy (non-hydrogen) atoms. The second kappa shape index (κ2) is 7.11. The van der Waals surface area contributed by atoms with Crippen molar-refractivity contribution in [2.45, 2.75) is 18.9 Å². The summed E-state index contributed by atoms with van der Waals surface area (Å²) in [7, 11) is 2.16. The smallest absolute Gasteiger partial charge is 0.181 e. The van der Waals surface area contributed by atoms with Gasteiger partial charge in [0.2, 0.25) is 0 Å². The van der Waals surface area contributed by atoms with Gasteiger partial charge < -0.3 is 14.8 Å². The largest absolute Gasteiger partial charge is 0.367 e. The fraction of sp³-hybridized carbons (Fsp3) is 0.348. The number of nitrogens with one attached hydrogen (secondary N) is 2. The van der Waals surface area contributed by atoms with Gasteiger partial charge in [0.25, 0.3) is 0 Å². The van der Waals surface area contributed by atoms with E-state index in [0.29, 0.717) is 23.2 Å². The topological polar surface area (TPSA) is 107 Å². The average molecular weight is 441 g/mol. The molecule has 5 aromatic heterocycles. The zero-order chi connectivity index (χ0) is 21.9. The van der Waals surface area contributed by atoms with Gasteiger partial charge in [0.05, 0.1) is 23.3 Å². The van der Waals surface area contributed by atoms with E-state index >= 15 is 0 Å². The molecule has 1 saturated heterocycles. The van der Waals surface area contributed by atoms with Crippen LogP contribution in [0.1, 0.15) is 18.9 Å². The van der Waals surface area contributed by atoms with Crippen LogP contribution in [-0.2, 0) is 0 Å². The number of imidazole rings is 1. The second-order valence-corrected chi connectivity index (χ2v) is 9.04. The Labute approximate surface area is 189 Å². The molecule has 2 N–H and O–H groups in total. The van der Waals surface area contributed by atoms with Gasteiger partial charge in [-0.1, -0.05) is 0 Å². The number of nitrogens with zero attached hydrogens (tertiary/aromatic N) is 8. The number of anilines is 1. The van der Waals surface area contributed by atoms with Crippen molar-refractivity contribution in [2.24, 2.45) is 0 Å². The fourth-order valence-corrected chi connectivity index (χ4v) is 4.59. The van der Waals surface area contributed by atoms with Crippen molar-refractivity contribution in [1.82, 2.24) is 44.8 Å². The van der Waals surface area contributed by atoms with Gasteiger partial charge in [-0.15, -0.1) is 0 Å². The van der Waals surface area contributed by atoms with Crippen LogP contribution < -0.4 is 4.90 Å². The highest BCUT2D eigenvalue weighted by molar-refractivity contribution is 5.95. The van der Waals surface area contributed by atoms with Gasteiger partial charge in [0, 0.05) is 55.9 Å². The van der Waals surface area contributed by atoms with E-state index in [1.165, 1.54) is 12.8 Å². The maximum atomic E-state index is 4.79. The minimum Gasteiger partial charge on any atom is -0.367 e. The molecule has 5 aromatic rings. The van der Waals surface area contributed by atoms with Crippen LogP contribution in [0, 0.1) is 0 Å². The van der Waals surface area contributed by atoms with Crippen molar-refractivity contribution in [3.63, 3.8) is 0 Å². The highest BCUT2D eigenvalue weighted by Gasteiger charge is 2.25. The quantitative estimate of drug-likeness (QED) is 0.442. The van der Waals surface area contributed by atoms with Gasteiger partial charge in [-0.2, -0.15) is 10.2 Å². The van der Waals surface area contributed by atoms with Gasteiger partial charge in [-0.05, 0) is 32.0 Å². The van der Waals surface area contributed by atoms with Crippen molar-refractivity contribution in [2.75, 3.05) is 38.1 Å².